The number of nitrogens with one attached hydrogen (secondary N) is 1. The molecule has 20 heavy (non-hydrogen) atoms. The van der Waals surface area contributed by atoms with Gasteiger partial charge in [0.1, 0.15) is 0 Å². The number of nitrogens with zero attached hydrogens (tertiary/aromatic N) is 2. The molecule has 0 amide bonds. The van der Waals surface area contributed by atoms with E-state index >= 15 is 0 Å². The second-order valence-electron chi connectivity index (χ2n) is 4.69. The number of aromatic nitrogens is 2. The zero-order valence-corrected chi connectivity index (χ0v) is 13.1. The van der Waals surface area contributed by atoms with Crippen molar-refractivity contribution in [1.82, 2.24) is 15.5 Å². The summed E-state index contributed by atoms with van der Waals surface area (Å²) in [5.41, 5.74) is -1.01. The zero-order valence-electron chi connectivity index (χ0n) is 10.7. The highest BCUT2D eigenvalue weighted by atomic mass is 79.9. The van der Waals surface area contributed by atoms with E-state index in [4.69, 9.17) is 4.52 Å². The van der Waals surface area contributed by atoms with Gasteiger partial charge in [-0.3, -0.25) is 0 Å². The van der Waals surface area contributed by atoms with Gasteiger partial charge in [-0.15, -0.1) is 11.8 Å². The minimum absolute atomic E-state index is 0.310. The molecule has 1 aromatic carbocycles. The highest BCUT2D eigenvalue weighted by Gasteiger charge is 2.38. The average molecular weight is 356 g/mol. The van der Waals surface area contributed by atoms with Crippen LogP contribution in [0.1, 0.15) is 18.1 Å². The van der Waals surface area contributed by atoms with Gasteiger partial charge in [0.25, 0.3) is 5.89 Å². The lowest BCUT2D eigenvalue weighted by Gasteiger charge is -2.14. The first-order valence-electron chi connectivity index (χ1n) is 6.31. The summed E-state index contributed by atoms with van der Waals surface area (Å²) >= 11 is 5.13. The topological polar surface area (TPSA) is 71.2 Å². The number of rotatable bonds is 4. The van der Waals surface area contributed by atoms with Crippen LogP contribution in [0.25, 0.3) is 0 Å². The molecule has 1 unspecified atom stereocenters. The van der Waals surface area contributed by atoms with E-state index in [9.17, 15) is 5.11 Å². The molecule has 5 nitrogen and oxygen atoms in total. The Balaban J connectivity index is 1.67. The Morgan fingerprint density at radius 2 is 2.30 bits per heavy atom. The minimum Gasteiger partial charge on any atom is -0.379 e. The molecule has 0 radical (unpaired) electrons. The van der Waals surface area contributed by atoms with Crippen LogP contribution in [0.15, 0.2) is 38.2 Å². The van der Waals surface area contributed by atoms with E-state index in [1.807, 2.05) is 24.3 Å². The molecule has 106 valence electrons. The Labute approximate surface area is 129 Å². The van der Waals surface area contributed by atoms with E-state index in [0.717, 1.165) is 15.9 Å². The lowest BCUT2D eigenvalue weighted by atomic mass is 10.0. The first kappa shape index (κ1) is 14.1. The van der Waals surface area contributed by atoms with E-state index < -0.39 is 5.60 Å². The summed E-state index contributed by atoms with van der Waals surface area (Å²) < 4.78 is 6.24. The Bertz CT molecular complexity index is 599. The molecular weight excluding hydrogens is 342 g/mol. The fraction of sp³-hybridized carbons (Fsp3) is 0.385. The second kappa shape index (κ2) is 5.85. The van der Waals surface area contributed by atoms with Gasteiger partial charge in [-0.25, -0.2) is 0 Å². The van der Waals surface area contributed by atoms with Crippen LogP contribution in [0.2, 0.25) is 0 Å². The highest BCUT2D eigenvalue weighted by molar-refractivity contribution is 9.10. The van der Waals surface area contributed by atoms with Gasteiger partial charge in [0, 0.05) is 15.9 Å². The molecule has 1 aromatic heterocycles. The predicted octanol–water partition coefficient (Wildman–Crippen LogP) is 2.31. The van der Waals surface area contributed by atoms with Crippen LogP contribution in [-0.4, -0.2) is 28.3 Å². The van der Waals surface area contributed by atoms with Crippen molar-refractivity contribution in [2.24, 2.45) is 0 Å². The van der Waals surface area contributed by atoms with Gasteiger partial charge in [-0.2, -0.15) is 4.98 Å². The molecule has 2 aromatic rings. The summed E-state index contributed by atoms with van der Waals surface area (Å²) in [6, 6.07) is 7.99. The van der Waals surface area contributed by atoms with Gasteiger partial charge < -0.3 is 14.9 Å². The molecule has 1 atom stereocenters. The standard InChI is InChI=1S/C13H14BrN3O2S/c14-9-3-1-2-4-10(9)20-7-11-16-12(19-17-11)13(18)5-6-15-8-13/h1-4,15,18H,5-8H2. The van der Waals surface area contributed by atoms with Crippen molar-refractivity contribution < 1.29 is 9.63 Å². The quantitative estimate of drug-likeness (QED) is 0.820. The summed E-state index contributed by atoms with van der Waals surface area (Å²) in [4.78, 5) is 5.43. The van der Waals surface area contributed by atoms with E-state index in [2.05, 4.69) is 31.4 Å². The maximum atomic E-state index is 10.3. The molecule has 2 heterocycles. The van der Waals surface area contributed by atoms with Gasteiger partial charge >= 0.3 is 0 Å². The van der Waals surface area contributed by atoms with Crippen molar-refractivity contribution in [3.63, 3.8) is 0 Å². The summed E-state index contributed by atoms with van der Waals surface area (Å²) in [5.74, 6) is 1.52. The Kier molecular flexibility index (Phi) is 4.11. The number of thioether (sulfide) groups is 1. The van der Waals surface area contributed by atoms with Crippen LogP contribution < -0.4 is 5.32 Å². The van der Waals surface area contributed by atoms with Crippen LogP contribution in [-0.2, 0) is 11.4 Å². The maximum Gasteiger partial charge on any atom is 0.260 e. The second-order valence-corrected chi connectivity index (χ2v) is 6.56. The monoisotopic (exact) mass is 355 g/mol. The van der Waals surface area contributed by atoms with E-state index in [-0.39, 0.29) is 0 Å². The van der Waals surface area contributed by atoms with E-state index in [0.29, 0.717) is 30.4 Å². The first-order chi connectivity index (χ1) is 9.67. The van der Waals surface area contributed by atoms with Crippen LogP contribution in [0.4, 0.5) is 0 Å². The lowest BCUT2D eigenvalue weighted by molar-refractivity contribution is 0.0243. The number of β-amino-alcohol motifs (C(OH)–C–C–N with tert-alkyl or cyclic N) is 1. The van der Waals surface area contributed by atoms with Crippen molar-refractivity contribution in [2.75, 3.05) is 13.1 Å². The Morgan fingerprint density at radius 3 is 3.05 bits per heavy atom. The van der Waals surface area contributed by atoms with Gasteiger partial charge in [0.15, 0.2) is 11.4 Å². The highest BCUT2D eigenvalue weighted by Crippen LogP contribution is 2.30. The van der Waals surface area contributed by atoms with Gasteiger partial charge in [0.05, 0.1) is 5.75 Å². The predicted molar refractivity (Wildman–Crippen MR) is 79.4 cm³/mol. The van der Waals surface area contributed by atoms with Crippen LogP contribution in [0, 0.1) is 0 Å². The molecule has 0 saturated carbocycles. The molecule has 3 rings (SSSR count). The third-order valence-electron chi connectivity index (χ3n) is 3.19. The number of benzene rings is 1. The van der Waals surface area contributed by atoms with Crippen LogP contribution >= 0.6 is 27.7 Å². The van der Waals surface area contributed by atoms with Crippen molar-refractivity contribution in [2.45, 2.75) is 22.7 Å². The van der Waals surface area contributed by atoms with E-state index in [1.165, 1.54) is 0 Å². The molecule has 0 bridgehead atoms. The molecule has 1 aliphatic rings. The molecule has 1 saturated heterocycles. The summed E-state index contributed by atoms with van der Waals surface area (Å²) in [7, 11) is 0. The molecule has 0 aliphatic carbocycles. The number of halogens is 1. The van der Waals surface area contributed by atoms with Gasteiger partial charge in [0.2, 0.25) is 0 Å². The fourth-order valence-corrected chi connectivity index (χ4v) is 3.48. The van der Waals surface area contributed by atoms with E-state index in [1.54, 1.807) is 11.8 Å². The smallest absolute Gasteiger partial charge is 0.260 e. The SMILES string of the molecule is OC1(c2nc(CSc3ccccc3Br)no2)CCNC1. The van der Waals surface area contributed by atoms with Crippen molar-refractivity contribution >= 4 is 27.7 Å². The Morgan fingerprint density at radius 1 is 1.45 bits per heavy atom. The van der Waals surface area contributed by atoms with Crippen molar-refractivity contribution in [1.29, 1.82) is 0 Å². The molecule has 2 N–H and O–H groups in total. The largest absolute Gasteiger partial charge is 0.379 e. The van der Waals surface area contributed by atoms with Crippen molar-refractivity contribution in [3.8, 4) is 0 Å². The molecular formula is C13H14BrN3O2S. The van der Waals surface area contributed by atoms with Gasteiger partial charge in [-0.1, -0.05) is 17.3 Å². The molecule has 0 spiro atoms. The average Bonchev–Trinajstić information content (AvgIpc) is 3.08. The third kappa shape index (κ3) is 2.90. The maximum absolute atomic E-state index is 10.3. The molecule has 1 aliphatic heterocycles. The van der Waals surface area contributed by atoms with Crippen molar-refractivity contribution in [3.05, 3.63) is 40.5 Å². The normalized spacial score (nSPS) is 22.3. The summed E-state index contributed by atoms with van der Waals surface area (Å²) in [6.07, 6.45) is 0.603. The van der Waals surface area contributed by atoms with Crippen LogP contribution in [0.5, 0.6) is 0 Å². The number of hydrogen-bond acceptors (Lipinski definition) is 6. The molecule has 1 fully saturated rings. The molecule has 7 heteroatoms. The fourth-order valence-electron chi connectivity index (χ4n) is 2.07. The minimum atomic E-state index is -1.01. The van der Waals surface area contributed by atoms with Gasteiger partial charge in [-0.05, 0) is 41.0 Å². The third-order valence-corrected chi connectivity index (χ3v) is 5.22. The number of aliphatic hydroxyl groups is 1. The zero-order chi connectivity index (χ0) is 14.0. The first-order valence-corrected chi connectivity index (χ1v) is 8.09. The summed E-state index contributed by atoms with van der Waals surface area (Å²) in [5, 5.41) is 17.4. The summed E-state index contributed by atoms with van der Waals surface area (Å²) in [6.45, 7) is 1.23. The number of hydrogen-bond donors (Lipinski definition) is 2. The lowest BCUT2D eigenvalue weighted by Crippen LogP contribution is -2.28. The van der Waals surface area contributed by atoms with Crippen LogP contribution in [0.3, 0.4) is 0 Å². The Hall–Kier alpha value is -0.890.